The van der Waals surface area contributed by atoms with Gasteiger partial charge in [0.05, 0.1) is 18.2 Å². The highest BCUT2D eigenvalue weighted by atomic mass is 31.2. The van der Waals surface area contributed by atoms with Crippen LogP contribution in [0.1, 0.15) is 57.1 Å². The molecular formula is C28H36NO6P. The number of nitrogens with zero attached hydrogens (tertiary/aromatic N) is 1. The van der Waals surface area contributed by atoms with Crippen molar-refractivity contribution in [2.24, 2.45) is 0 Å². The van der Waals surface area contributed by atoms with E-state index in [1.807, 2.05) is 48.5 Å². The predicted molar refractivity (Wildman–Crippen MR) is 142 cm³/mol. The Kier molecular flexibility index (Phi) is 10.8. The first kappa shape index (κ1) is 28.2. The molecule has 7 nitrogen and oxygen atoms in total. The number of hydrogen-bond acceptors (Lipinski definition) is 6. The Balaban J connectivity index is 1.60. The van der Waals surface area contributed by atoms with Crippen LogP contribution in [0.4, 0.5) is 0 Å². The molecule has 3 rings (SSSR count). The van der Waals surface area contributed by atoms with Crippen molar-refractivity contribution in [1.29, 1.82) is 0 Å². The molecule has 0 saturated carbocycles. The number of phosphoric acid groups is 1. The number of aromatic nitrogens is 1. The molecule has 0 bridgehead atoms. The monoisotopic (exact) mass is 513 g/mol. The van der Waals surface area contributed by atoms with E-state index in [-0.39, 0.29) is 25.1 Å². The Labute approximate surface area is 213 Å². The Morgan fingerprint density at radius 3 is 2.47 bits per heavy atom. The first-order chi connectivity index (χ1) is 17.3. The molecule has 0 amide bonds. The van der Waals surface area contributed by atoms with E-state index in [1.165, 1.54) is 0 Å². The average molecular weight is 514 g/mol. The Morgan fingerprint density at radius 1 is 1.00 bits per heavy atom. The van der Waals surface area contributed by atoms with Gasteiger partial charge in [0.15, 0.2) is 0 Å². The molecule has 0 aliphatic heterocycles. The van der Waals surface area contributed by atoms with Crippen LogP contribution in [0.5, 0.6) is 0 Å². The third-order valence-corrected chi connectivity index (χ3v) is 7.04. The first-order valence-electron chi connectivity index (χ1n) is 12.5. The van der Waals surface area contributed by atoms with Crippen molar-refractivity contribution in [3.8, 4) is 11.1 Å². The molecule has 0 fully saturated rings. The summed E-state index contributed by atoms with van der Waals surface area (Å²) in [6.07, 6.45) is 5.74. The van der Waals surface area contributed by atoms with Crippen LogP contribution in [0, 0.1) is 0 Å². The van der Waals surface area contributed by atoms with Crippen molar-refractivity contribution in [2.75, 3.05) is 13.2 Å². The molecule has 1 atom stereocenters. The van der Waals surface area contributed by atoms with E-state index in [1.54, 1.807) is 20.0 Å². The van der Waals surface area contributed by atoms with Gasteiger partial charge in [0.1, 0.15) is 5.78 Å². The number of benzene rings is 2. The third-order valence-electron chi connectivity index (χ3n) is 5.84. The van der Waals surface area contributed by atoms with Crippen LogP contribution < -0.4 is 0 Å². The van der Waals surface area contributed by atoms with Gasteiger partial charge in [-0.1, -0.05) is 61.4 Å². The second kappa shape index (κ2) is 13.8. The van der Waals surface area contributed by atoms with Crippen LogP contribution in [0.2, 0.25) is 0 Å². The lowest BCUT2D eigenvalue weighted by Crippen LogP contribution is -2.06. The van der Waals surface area contributed by atoms with Gasteiger partial charge in [0.25, 0.3) is 0 Å². The largest absolute Gasteiger partial charge is 0.472 e. The standard InChI is InChI=1S/C28H36NO6P/c1-21(2)35-36(32,33)34-18-9-4-3-8-14-25(31)19-24-20-29-28-23(16-17-30)13-10-15-26(28)27(24)22-11-6-5-7-12-22/h5-7,10-13,15,20-21,30H,3-4,8-9,14,16-19H2,1-2H3,(H,32,33). The quantitative estimate of drug-likeness (QED) is 0.188. The minimum atomic E-state index is -3.99. The summed E-state index contributed by atoms with van der Waals surface area (Å²) < 4.78 is 21.5. The fourth-order valence-corrected chi connectivity index (χ4v) is 5.24. The molecule has 1 aromatic heterocycles. The maximum Gasteiger partial charge on any atom is 0.472 e. The molecule has 0 spiro atoms. The van der Waals surface area contributed by atoms with Crippen molar-refractivity contribution in [3.63, 3.8) is 0 Å². The van der Waals surface area contributed by atoms with Crippen molar-refractivity contribution in [3.05, 3.63) is 65.9 Å². The Morgan fingerprint density at radius 2 is 1.75 bits per heavy atom. The summed E-state index contributed by atoms with van der Waals surface area (Å²) in [6.45, 7) is 3.55. The molecule has 2 aromatic carbocycles. The average Bonchev–Trinajstić information content (AvgIpc) is 2.83. The molecule has 0 radical (unpaired) electrons. The van der Waals surface area contributed by atoms with Gasteiger partial charge in [-0.3, -0.25) is 18.8 Å². The Bertz CT molecular complexity index is 1180. The zero-order chi connectivity index (χ0) is 26.0. The summed E-state index contributed by atoms with van der Waals surface area (Å²) in [7, 11) is -3.99. The van der Waals surface area contributed by atoms with E-state index in [0.29, 0.717) is 25.7 Å². The zero-order valence-corrected chi connectivity index (χ0v) is 22.0. The van der Waals surface area contributed by atoms with Crippen molar-refractivity contribution >= 4 is 24.5 Å². The minimum Gasteiger partial charge on any atom is -0.396 e. The zero-order valence-electron chi connectivity index (χ0n) is 21.1. The molecule has 1 unspecified atom stereocenters. The minimum absolute atomic E-state index is 0.0544. The van der Waals surface area contributed by atoms with Gasteiger partial charge < -0.3 is 10.00 Å². The molecule has 194 valence electrons. The molecule has 8 heteroatoms. The molecule has 0 aliphatic carbocycles. The number of para-hydroxylation sites is 1. The SMILES string of the molecule is CC(C)OP(=O)(O)OCCCCCCC(=O)Cc1cnc2c(CCO)cccc2c1-c1ccccc1. The van der Waals surface area contributed by atoms with E-state index >= 15 is 0 Å². The lowest BCUT2D eigenvalue weighted by molar-refractivity contribution is -0.118. The molecule has 3 aromatic rings. The summed E-state index contributed by atoms with van der Waals surface area (Å²) in [5.41, 5.74) is 4.80. The second-order valence-corrected chi connectivity index (χ2v) is 10.6. The van der Waals surface area contributed by atoms with Gasteiger partial charge >= 0.3 is 7.82 Å². The maximum atomic E-state index is 12.9. The summed E-state index contributed by atoms with van der Waals surface area (Å²) in [5, 5.41) is 10.4. The normalized spacial score (nSPS) is 13.2. The lowest BCUT2D eigenvalue weighted by atomic mass is 9.91. The molecular weight excluding hydrogens is 477 g/mol. The van der Waals surface area contributed by atoms with Gasteiger partial charge in [-0.15, -0.1) is 0 Å². The molecule has 0 aliphatic rings. The van der Waals surface area contributed by atoms with E-state index in [2.05, 4.69) is 4.98 Å². The third kappa shape index (κ3) is 8.32. The lowest BCUT2D eigenvalue weighted by Gasteiger charge is -2.15. The van der Waals surface area contributed by atoms with E-state index in [9.17, 15) is 19.4 Å². The number of ketones is 1. The van der Waals surface area contributed by atoms with Crippen LogP contribution in [0.3, 0.4) is 0 Å². The maximum absolute atomic E-state index is 12.9. The van der Waals surface area contributed by atoms with Gasteiger partial charge in [0, 0.05) is 31.0 Å². The number of Topliss-reactive ketones (excluding diaryl/α,β-unsaturated/α-hetero) is 1. The van der Waals surface area contributed by atoms with E-state index in [4.69, 9.17) is 9.05 Å². The topological polar surface area (TPSA) is 106 Å². The fraction of sp³-hybridized carbons (Fsp3) is 0.429. The predicted octanol–water partition coefficient (Wildman–Crippen LogP) is 6.04. The van der Waals surface area contributed by atoms with Crippen molar-refractivity contribution in [1.82, 2.24) is 4.98 Å². The fourth-order valence-electron chi connectivity index (χ4n) is 4.28. The van der Waals surface area contributed by atoms with Crippen LogP contribution in [0.15, 0.2) is 54.7 Å². The van der Waals surface area contributed by atoms with E-state index < -0.39 is 7.82 Å². The number of hydrogen-bond donors (Lipinski definition) is 2. The Hall–Kier alpha value is -2.41. The highest BCUT2D eigenvalue weighted by molar-refractivity contribution is 7.47. The smallest absolute Gasteiger partial charge is 0.396 e. The summed E-state index contributed by atoms with van der Waals surface area (Å²) >= 11 is 0. The van der Waals surface area contributed by atoms with Crippen molar-refractivity contribution < 1.29 is 28.4 Å². The van der Waals surface area contributed by atoms with Crippen LogP contribution >= 0.6 is 7.82 Å². The van der Waals surface area contributed by atoms with Crippen LogP contribution in [-0.4, -0.2) is 40.1 Å². The number of carbonyl (C=O) groups is 1. The van der Waals surface area contributed by atoms with Gasteiger partial charge in [-0.25, -0.2) is 4.57 Å². The molecule has 2 N–H and O–H groups in total. The number of aliphatic hydroxyl groups excluding tert-OH is 1. The number of aliphatic hydroxyl groups is 1. The molecule has 0 saturated heterocycles. The summed E-state index contributed by atoms with van der Waals surface area (Å²) in [4.78, 5) is 27.1. The number of phosphoric ester groups is 1. The van der Waals surface area contributed by atoms with E-state index in [0.717, 1.165) is 52.4 Å². The van der Waals surface area contributed by atoms with Gasteiger partial charge in [-0.2, -0.15) is 0 Å². The van der Waals surface area contributed by atoms with Crippen LogP contribution in [-0.2, 0) is 31.2 Å². The number of pyridine rings is 1. The number of unbranched alkanes of at least 4 members (excludes halogenated alkanes) is 3. The highest BCUT2D eigenvalue weighted by Gasteiger charge is 2.22. The number of rotatable bonds is 15. The molecule has 36 heavy (non-hydrogen) atoms. The first-order valence-corrected chi connectivity index (χ1v) is 14.0. The van der Waals surface area contributed by atoms with Crippen LogP contribution in [0.25, 0.3) is 22.0 Å². The molecule has 1 heterocycles. The number of fused-ring (bicyclic) bond motifs is 1. The highest BCUT2D eigenvalue weighted by Crippen LogP contribution is 2.44. The van der Waals surface area contributed by atoms with Gasteiger partial charge in [0.2, 0.25) is 0 Å². The number of carbonyl (C=O) groups excluding carboxylic acids is 1. The summed E-state index contributed by atoms with van der Waals surface area (Å²) in [6, 6.07) is 16.0. The van der Waals surface area contributed by atoms with Gasteiger partial charge in [-0.05, 0) is 55.4 Å². The van der Waals surface area contributed by atoms with Crippen molar-refractivity contribution in [2.45, 2.75) is 64.9 Å². The second-order valence-electron chi connectivity index (χ2n) is 9.15. The summed E-state index contributed by atoms with van der Waals surface area (Å²) in [5.74, 6) is 0.154.